The van der Waals surface area contributed by atoms with Crippen molar-refractivity contribution in [2.24, 2.45) is 0 Å². The van der Waals surface area contributed by atoms with Crippen LogP contribution in [-0.4, -0.2) is 20.3 Å². The second-order valence-electron chi connectivity index (χ2n) is 4.95. The zero-order valence-electron chi connectivity index (χ0n) is 12.1. The van der Waals surface area contributed by atoms with Crippen LogP contribution in [0.2, 0.25) is 0 Å². The van der Waals surface area contributed by atoms with E-state index in [1.165, 1.54) is 6.07 Å². The lowest BCUT2D eigenvalue weighted by atomic mass is 10.1. The van der Waals surface area contributed by atoms with Crippen LogP contribution in [0.15, 0.2) is 28.7 Å². The summed E-state index contributed by atoms with van der Waals surface area (Å²) >= 11 is 0. The topological polar surface area (TPSA) is 34.4 Å². The number of ether oxygens (including phenoxy) is 1. The highest BCUT2D eigenvalue weighted by atomic mass is 19.1. The molecule has 4 heteroatoms. The van der Waals surface area contributed by atoms with Gasteiger partial charge in [-0.2, -0.15) is 0 Å². The number of halogens is 1. The highest BCUT2D eigenvalue weighted by Crippen LogP contribution is 2.28. The van der Waals surface area contributed by atoms with Crippen molar-refractivity contribution in [3.05, 3.63) is 35.8 Å². The lowest BCUT2D eigenvalue weighted by molar-refractivity contribution is 0.187. The van der Waals surface area contributed by atoms with Crippen molar-refractivity contribution in [3.63, 3.8) is 0 Å². The fourth-order valence-electron chi connectivity index (χ4n) is 2.31. The lowest BCUT2D eigenvalue weighted by Crippen LogP contribution is -2.22. The molecule has 0 aliphatic rings. The van der Waals surface area contributed by atoms with Crippen LogP contribution < -0.4 is 5.32 Å². The maximum Gasteiger partial charge on any atom is 0.169 e. The predicted molar refractivity (Wildman–Crippen MR) is 78.3 cm³/mol. The van der Waals surface area contributed by atoms with Gasteiger partial charge in [-0.05, 0) is 37.9 Å². The van der Waals surface area contributed by atoms with Gasteiger partial charge in [-0.15, -0.1) is 0 Å². The van der Waals surface area contributed by atoms with Crippen LogP contribution in [0.4, 0.5) is 4.39 Å². The molecule has 1 unspecified atom stereocenters. The van der Waals surface area contributed by atoms with Gasteiger partial charge in [0.25, 0.3) is 0 Å². The first kappa shape index (κ1) is 15.0. The first-order valence-electron chi connectivity index (χ1n) is 7.16. The van der Waals surface area contributed by atoms with Crippen LogP contribution in [0.1, 0.15) is 38.0 Å². The first-order valence-corrected chi connectivity index (χ1v) is 7.16. The number of benzene rings is 1. The Morgan fingerprint density at radius 1 is 1.40 bits per heavy atom. The molecule has 1 atom stereocenters. The van der Waals surface area contributed by atoms with Crippen LogP contribution in [0, 0.1) is 5.82 Å². The molecule has 0 saturated carbocycles. The van der Waals surface area contributed by atoms with Gasteiger partial charge in [-0.25, -0.2) is 4.39 Å². The van der Waals surface area contributed by atoms with E-state index in [2.05, 4.69) is 12.2 Å². The number of rotatable bonds is 8. The molecule has 3 nitrogen and oxygen atoms in total. The van der Waals surface area contributed by atoms with Crippen molar-refractivity contribution in [1.82, 2.24) is 5.32 Å². The molecule has 0 aliphatic heterocycles. The highest BCUT2D eigenvalue weighted by Gasteiger charge is 2.16. The van der Waals surface area contributed by atoms with Gasteiger partial charge in [-0.1, -0.05) is 19.1 Å². The number of furan rings is 1. The second kappa shape index (κ2) is 7.41. The maximum absolute atomic E-state index is 13.7. The molecule has 2 aromatic rings. The van der Waals surface area contributed by atoms with Crippen LogP contribution in [0.5, 0.6) is 0 Å². The third-order valence-corrected chi connectivity index (χ3v) is 3.34. The van der Waals surface area contributed by atoms with E-state index in [1.54, 1.807) is 13.2 Å². The normalized spacial score (nSPS) is 12.9. The first-order chi connectivity index (χ1) is 9.76. The Labute approximate surface area is 119 Å². The average molecular weight is 279 g/mol. The molecule has 0 amide bonds. The van der Waals surface area contributed by atoms with E-state index in [9.17, 15) is 4.39 Å². The lowest BCUT2D eigenvalue weighted by Gasteiger charge is -2.15. The van der Waals surface area contributed by atoms with Crippen molar-refractivity contribution in [2.75, 3.05) is 20.3 Å². The number of methoxy groups -OCH3 is 1. The van der Waals surface area contributed by atoms with Gasteiger partial charge in [0.1, 0.15) is 5.76 Å². The minimum Gasteiger partial charge on any atom is -0.456 e. The molecule has 2 rings (SSSR count). The zero-order chi connectivity index (χ0) is 14.4. The Hall–Kier alpha value is -1.39. The SMILES string of the molecule is CCCNC(CCCOC)c1cc2cccc(F)c2o1. The highest BCUT2D eigenvalue weighted by molar-refractivity contribution is 5.78. The van der Waals surface area contributed by atoms with Crippen LogP contribution in [0.25, 0.3) is 11.0 Å². The average Bonchev–Trinajstić information content (AvgIpc) is 2.88. The smallest absolute Gasteiger partial charge is 0.169 e. The third-order valence-electron chi connectivity index (χ3n) is 3.34. The minimum atomic E-state index is -0.306. The number of para-hydroxylation sites is 1. The van der Waals surface area contributed by atoms with Crippen molar-refractivity contribution >= 4 is 11.0 Å². The van der Waals surface area contributed by atoms with E-state index in [-0.39, 0.29) is 11.9 Å². The number of hydrogen-bond acceptors (Lipinski definition) is 3. The van der Waals surface area contributed by atoms with Gasteiger partial charge in [0.2, 0.25) is 0 Å². The summed E-state index contributed by atoms with van der Waals surface area (Å²) in [6.07, 6.45) is 2.90. The minimum absolute atomic E-state index is 0.108. The number of nitrogens with one attached hydrogen (secondary N) is 1. The molecule has 110 valence electrons. The predicted octanol–water partition coefficient (Wildman–Crippen LogP) is 4.04. The summed E-state index contributed by atoms with van der Waals surface area (Å²) in [5.41, 5.74) is 0.345. The molecule has 1 aromatic heterocycles. The summed E-state index contributed by atoms with van der Waals surface area (Å²) in [5.74, 6) is 0.495. The summed E-state index contributed by atoms with van der Waals surface area (Å²) in [6, 6.07) is 7.04. The van der Waals surface area contributed by atoms with E-state index in [0.29, 0.717) is 5.58 Å². The maximum atomic E-state index is 13.7. The van der Waals surface area contributed by atoms with Crippen molar-refractivity contribution < 1.29 is 13.5 Å². The standard InChI is InChI=1S/C16H22FNO2/c1-3-9-18-14(8-5-10-19-2)15-11-12-6-4-7-13(17)16(12)20-15/h4,6-7,11,14,18H,3,5,8-10H2,1-2H3. The Bertz CT molecular complexity index is 538. The summed E-state index contributed by atoms with van der Waals surface area (Å²) in [7, 11) is 1.70. The Morgan fingerprint density at radius 3 is 2.95 bits per heavy atom. The number of fused-ring (bicyclic) bond motifs is 1. The van der Waals surface area contributed by atoms with E-state index >= 15 is 0 Å². The van der Waals surface area contributed by atoms with Crippen LogP contribution in [-0.2, 0) is 4.74 Å². The van der Waals surface area contributed by atoms with Crippen molar-refractivity contribution in [3.8, 4) is 0 Å². The molecule has 1 N–H and O–H groups in total. The fourth-order valence-corrected chi connectivity index (χ4v) is 2.31. The summed E-state index contributed by atoms with van der Waals surface area (Å²) in [6.45, 7) is 3.76. The van der Waals surface area contributed by atoms with E-state index in [0.717, 1.165) is 43.6 Å². The van der Waals surface area contributed by atoms with E-state index in [4.69, 9.17) is 9.15 Å². The van der Waals surface area contributed by atoms with Crippen molar-refractivity contribution in [1.29, 1.82) is 0 Å². The second-order valence-corrected chi connectivity index (χ2v) is 4.95. The Morgan fingerprint density at radius 2 is 2.25 bits per heavy atom. The molecule has 1 heterocycles. The van der Waals surface area contributed by atoms with Gasteiger partial charge in [-0.3, -0.25) is 0 Å². The Kier molecular flexibility index (Phi) is 5.56. The summed E-state index contributed by atoms with van der Waals surface area (Å²) in [4.78, 5) is 0. The summed E-state index contributed by atoms with van der Waals surface area (Å²) in [5, 5.41) is 4.27. The molecular weight excluding hydrogens is 257 g/mol. The van der Waals surface area contributed by atoms with Gasteiger partial charge in [0.05, 0.1) is 6.04 Å². The molecule has 0 radical (unpaired) electrons. The Balaban J connectivity index is 2.18. The monoisotopic (exact) mass is 279 g/mol. The molecule has 20 heavy (non-hydrogen) atoms. The van der Waals surface area contributed by atoms with E-state index in [1.807, 2.05) is 12.1 Å². The molecular formula is C16H22FNO2. The van der Waals surface area contributed by atoms with Gasteiger partial charge >= 0.3 is 0 Å². The molecule has 1 aromatic carbocycles. The van der Waals surface area contributed by atoms with Gasteiger partial charge < -0.3 is 14.5 Å². The summed E-state index contributed by atoms with van der Waals surface area (Å²) < 4.78 is 24.5. The molecule has 0 bridgehead atoms. The van der Waals surface area contributed by atoms with Crippen molar-refractivity contribution in [2.45, 2.75) is 32.2 Å². The quantitative estimate of drug-likeness (QED) is 0.741. The molecule has 0 spiro atoms. The molecule has 0 aliphatic carbocycles. The van der Waals surface area contributed by atoms with Crippen LogP contribution >= 0.6 is 0 Å². The van der Waals surface area contributed by atoms with E-state index < -0.39 is 0 Å². The third kappa shape index (κ3) is 3.58. The van der Waals surface area contributed by atoms with Gasteiger partial charge in [0, 0.05) is 19.1 Å². The number of hydrogen-bond donors (Lipinski definition) is 1. The fraction of sp³-hybridized carbons (Fsp3) is 0.500. The zero-order valence-corrected chi connectivity index (χ0v) is 12.1. The van der Waals surface area contributed by atoms with Crippen LogP contribution in [0.3, 0.4) is 0 Å². The van der Waals surface area contributed by atoms with Gasteiger partial charge in [0.15, 0.2) is 11.4 Å². The molecule has 0 saturated heterocycles. The largest absolute Gasteiger partial charge is 0.456 e. The molecule has 0 fully saturated rings.